The zero-order chi connectivity index (χ0) is 33.9. The zero-order valence-electron chi connectivity index (χ0n) is 30.3. The molecule has 2 aliphatic carbocycles. The van der Waals surface area contributed by atoms with Crippen LogP contribution >= 0.6 is 0 Å². The predicted octanol–water partition coefficient (Wildman–Crippen LogP) is 13.7. The molecule has 0 spiro atoms. The van der Waals surface area contributed by atoms with Gasteiger partial charge in [0.2, 0.25) is 0 Å². The van der Waals surface area contributed by atoms with Crippen molar-refractivity contribution >= 4 is 32.9 Å². The monoisotopic (exact) mass is 617 g/mol. The van der Waals surface area contributed by atoms with Crippen LogP contribution in [0.25, 0.3) is 43.8 Å². The molecule has 1 nitrogen and oxygen atoms in total. The fraction of sp³-hybridized carbons (Fsp3) is 0.304. The number of nitrogens with one attached hydrogen (secondary N) is 1. The highest BCUT2D eigenvalue weighted by Gasteiger charge is 2.42. The van der Waals surface area contributed by atoms with E-state index in [1.165, 1.54) is 71.6 Å². The second-order valence-electron chi connectivity index (χ2n) is 14.8. The Morgan fingerprint density at radius 2 is 1.02 bits per heavy atom. The van der Waals surface area contributed by atoms with E-state index in [4.69, 9.17) is 0 Å². The van der Waals surface area contributed by atoms with E-state index in [0.717, 1.165) is 11.4 Å². The fourth-order valence-corrected chi connectivity index (χ4v) is 7.77. The molecule has 0 unspecified atom stereocenters. The Balaban J connectivity index is 0.000000932. The van der Waals surface area contributed by atoms with Gasteiger partial charge in [-0.25, -0.2) is 0 Å². The molecule has 6 aromatic rings. The molecule has 2 aliphatic rings. The molecule has 0 fully saturated rings. The number of hydrogen-bond acceptors (Lipinski definition) is 1. The van der Waals surface area contributed by atoms with Gasteiger partial charge in [-0.2, -0.15) is 0 Å². The first-order valence-corrected chi connectivity index (χ1v) is 17.6. The highest BCUT2D eigenvalue weighted by Crippen LogP contribution is 2.57. The maximum absolute atomic E-state index is 3.68. The summed E-state index contributed by atoms with van der Waals surface area (Å²) in [7, 11) is 0. The van der Waals surface area contributed by atoms with Crippen LogP contribution in [-0.4, -0.2) is 0 Å². The van der Waals surface area contributed by atoms with E-state index in [2.05, 4.69) is 157 Å². The molecule has 6 aromatic carbocycles. The molecule has 0 bridgehead atoms. The topological polar surface area (TPSA) is 12.0 Å². The highest BCUT2D eigenvalue weighted by atomic mass is 14.9. The molecule has 0 heterocycles. The lowest BCUT2D eigenvalue weighted by molar-refractivity contribution is 0.590. The lowest BCUT2D eigenvalue weighted by Crippen LogP contribution is -2.17. The summed E-state index contributed by atoms with van der Waals surface area (Å²) in [5.41, 5.74) is 14.8. The van der Waals surface area contributed by atoms with E-state index in [9.17, 15) is 0 Å². The van der Waals surface area contributed by atoms with Crippen molar-refractivity contribution < 1.29 is 0 Å². The fourth-order valence-electron chi connectivity index (χ4n) is 7.77. The van der Waals surface area contributed by atoms with Gasteiger partial charge in [0, 0.05) is 22.2 Å². The van der Waals surface area contributed by atoms with E-state index in [-0.39, 0.29) is 16.2 Å². The summed E-state index contributed by atoms with van der Waals surface area (Å²) < 4.78 is 0. The van der Waals surface area contributed by atoms with Crippen LogP contribution in [0.4, 0.5) is 11.4 Å². The molecule has 0 aromatic heterocycles. The van der Waals surface area contributed by atoms with Crippen molar-refractivity contribution in [2.24, 2.45) is 0 Å². The molecule has 1 N–H and O–H groups in total. The molecule has 8 rings (SSSR count). The maximum atomic E-state index is 3.68. The molecule has 0 aliphatic heterocycles. The first-order valence-electron chi connectivity index (χ1n) is 17.6. The van der Waals surface area contributed by atoms with E-state index in [1.54, 1.807) is 0 Å². The van der Waals surface area contributed by atoms with E-state index in [1.807, 2.05) is 27.7 Å². The molecular formula is C46H51N. The van der Waals surface area contributed by atoms with Crippen molar-refractivity contribution in [3.8, 4) is 22.3 Å². The standard InChI is InChI=1S/C42H39N.2C2H6/c1-40(2,3)28-13-15-29(16-14-28)43-30-17-18-31-33-23-38-34(24-37(33)42(6,7)36(31)22-30)39-32-21-26-11-9-8-10-25(26)20-27(32)12-19-35(39)41(38,4)5;2*1-2/h8-24,43H,1-7H3;2*1-2H3. The summed E-state index contributed by atoms with van der Waals surface area (Å²) in [6.07, 6.45) is 0. The Kier molecular flexibility index (Phi) is 8.12. The molecule has 0 atom stereocenters. The van der Waals surface area contributed by atoms with E-state index < -0.39 is 0 Å². The van der Waals surface area contributed by atoms with Crippen LogP contribution in [0, 0.1) is 0 Å². The van der Waals surface area contributed by atoms with Crippen LogP contribution in [0.2, 0.25) is 0 Å². The van der Waals surface area contributed by atoms with Crippen molar-refractivity contribution in [3.05, 3.63) is 131 Å². The van der Waals surface area contributed by atoms with Crippen LogP contribution in [0.5, 0.6) is 0 Å². The Hall–Kier alpha value is -4.36. The number of rotatable bonds is 2. The smallest absolute Gasteiger partial charge is 0.0387 e. The lowest BCUT2D eigenvalue weighted by atomic mass is 9.79. The number of hydrogen-bond donors (Lipinski definition) is 1. The van der Waals surface area contributed by atoms with Gasteiger partial charge >= 0.3 is 0 Å². The third-order valence-electron chi connectivity index (χ3n) is 10.4. The minimum Gasteiger partial charge on any atom is -0.356 e. The second-order valence-corrected chi connectivity index (χ2v) is 14.8. The first kappa shape index (κ1) is 32.6. The van der Waals surface area contributed by atoms with Gasteiger partial charge in [-0.05, 0) is 126 Å². The third-order valence-corrected chi connectivity index (χ3v) is 10.4. The zero-order valence-corrected chi connectivity index (χ0v) is 30.3. The van der Waals surface area contributed by atoms with Crippen LogP contribution in [0.15, 0.2) is 103 Å². The number of fused-ring (bicyclic) bond motifs is 9. The molecule has 0 amide bonds. The van der Waals surface area contributed by atoms with Gasteiger partial charge in [-0.15, -0.1) is 0 Å². The summed E-state index contributed by atoms with van der Waals surface area (Å²) in [5, 5.41) is 8.96. The van der Waals surface area contributed by atoms with Gasteiger partial charge < -0.3 is 5.32 Å². The van der Waals surface area contributed by atoms with Crippen LogP contribution in [0.1, 0.15) is 104 Å². The number of anilines is 2. The predicted molar refractivity (Wildman–Crippen MR) is 208 cm³/mol. The van der Waals surface area contributed by atoms with Gasteiger partial charge in [-0.3, -0.25) is 0 Å². The van der Waals surface area contributed by atoms with E-state index >= 15 is 0 Å². The maximum Gasteiger partial charge on any atom is 0.0387 e. The van der Waals surface area contributed by atoms with Crippen molar-refractivity contribution in [2.45, 2.75) is 92.4 Å². The van der Waals surface area contributed by atoms with Crippen LogP contribution in [-0.2, 0) is 16.2 Å². The molecule has 47 heavy (non-hydrogen) atoms. The first-order chi connectivity index (χ1) is 22.4. The minimum atomic E-state index is -0.0995. The van der Waals surface area contributed by atoms with Crippen molar-refractivity contribution in [1.29, 1.82) is 0 Å². The summed E-state index contributed by atoms with van der Waals surface area (Å²) in [4.78, 5) is 0. The molecule has 0 saturated carbocycles. The minimum absolute atomic E-state index is 0.0624. The largest absolute Gasteiger partial charge is 0.356 e. The molecule has 240 valence electrons. The summed E-state index contributed by atoms with van der Waals surface area (Å²) in [6.45, 7) is 24.4. The normalized spacial score (nSPS) is 14.6. The van der Waals surface area contributed by atoms with Gasteiger partial charge in [0.05, 0.1) is 0 Å². The van der Waals surface area contributed by atoms with Crippen molar-refractivity contribution in [2.75, 3.05) is 5.32 Å². The lowest BCUT2D eigenvalue weighted by Gasteiger charge is -2.24. The molecule has 0 saturated heterocycles. The summed E-state index contributed by atoms with van der Waals surface area (Å²) >= 11 is 0. The molecule has 0 radical (unpaired) electrons. The molecular weight excluding hydrogens is 567 g/mol. The van der Waals surface area contributed by atoms with Gasteiger partial charge in [-0.1, -0.05) is 131 Å². The van der Waals surface area contributed by atoms with Crippen molar-refractivity contribution in [1.82, 2.24) is 0 Å². The summed E-state index contributed by atoms with van der Waals surface area (Å²) in [6, 6.07) is 39.1. The average molecular weight is 618 g/mol. The van der Waals surface area contributed by atoms with Gasteiger partial charge in [0.25, 0.3) is 0 Å². The quantitative estimate of drug-likeness (QED) is 0.191. The Labute approximate surface area is 283 Å². The molecule has 1 heteroatoms. The van der Waals surface area contributed by atoms with Crippen LogP contribution in [0.3, 0.4) is 0 Å². The average Bonchev–Trinajstić information content (AvgIpc) is 3.43. The van der Waals surface area contributed by atoms with Crippen molar-refractivity contribution in [3.63, 3.8) is 0 Å². The number of benzene rings is 6. The Morgan fingerprint density at radius 1 is 0.468 bits per heavy atom. The van der Waals surface area contributed by atoms with Gasteiger partial charge in [0.1, 0.15) is 0 Å². The second kappa shape index (κ2) is 11.7. The Bertz CT molecular complexity index is 2120. The highest BCUT2D eigenvalue weighted by molar-refractivity contribution is 6.08. The SMILES string of the molecule is CC.CC.CC(C)(C)c1ccc(Nc2ccc3c(c2)C(C)(C)c2cc4c(cc2-3)C(C)(C)c2ccc3cc5ccccc5cc3c2-4)cc1. The Morgan fingerprint density at radius 3 is 1.68 bits per heavy atom. The summed E-state index contributed by atoms with van der Waals surface area (Å²) in [5.74, 6) is 0. The third kappa shape index (κ3) is 5.16. The van der Waals surface area contributed by atoms with Crippen LogP contribution < -0.4 is 5.32 Å². The van der Waals surface area contributed by atoms with E-state index in [0.29, 0.717) is 0 Å². The van der Waals surface area contributed by atoms with Gasteiger partial charge in [0.15, 0.2) is 0 Å².